The Morgan fingerprint density at radius 1 is 0.913 bits per heavy atom. The number of hydrogen-bond acceptors (Lipinski definition) is 9. The molecule has 1 aliphatic heterocycles. The minimum Gasteiger partial charge on any atom is -0.480 e. The maximum Gasteiger partial charge on any atom is 0.409 e. The molecular formula is C31H55N5O10. The number of carboxylic acids is 1. The third kappa shape index (κ3) is 10.8. The molecule has 0 aromatic rings. The second kappa shape index (κ2) is 19.3. The van der Waals surface area contributed by atoms with E-state index in [1.807, 2.05) is 13.8 Å². The Balaban J connectivity index is 3.09. The fourth-order valence-corrected chi connectivity index (χ4v) is 6.22. The van der Waals surface area contributed by atoms with E-state index in [9.17, 15) is 28.8 Å². The molecule has 1 aliphatic rings. The molecule has 0 spiro atoms. The van der Waals surface area contributed by atoms with Gasteiger partial charge < -0.3 is 39.8 Å². The third-order valence-corrected chi connectivity index (χ3v) is 8.91. The molecule has 264 valence electrons. The molecule has 1 unspecified atom stereocenters. The summed E-state index contributed by atoms with van der Waals surface area (Å²) in [5.74, 6) is -3.79. The fraction of sp³-hybridized carbons (Fsp3) is 0.806. The zero-order chi connectivity index (χ0) is 35.3. The Kier molecular flexibility index (Phi) is 17.0. The van der Waals surface area contributed by atoms with Crippen molar-refractivity contribution >= 4 is 35.7 Å². The van der Waals surface area contributed by atoms with Crippen molar-refractivity contribution in [2.24, 2.45) is 17.8 Å². The number of nitrogens with one attached hydrogen (secondary N) is 2. The van der Waals surface area contributed by atoms with Gasteiger partial charge >= 0.3 is 12.1 Å². The van der Waals surface area contributed by atoms with Crippen LogP contribution in [0, 0.1) is 17.8 Å². The highest BCUT2D eigenvalue weighted by molar-refractivity contribution is 5.89. The molecule has 15 heteroatoms. The van der Waals surface area contributed by atoms with Gasteiger partial charge in [0.25, 0.3) is 0 Å². The lowest BCUT2D eigenvalue weighted by molar-refractivity contribution is -0.146. The Bertz CT molecular complexity index is 1060. The van der Waals surface area contributed by atoms with E-state index in [1.54, 1.807) is 32.7 Å². The lowest BCUT2D eigenvalue weighted by Crippen LogP contribution is -2.55. The Labute approximate surface area is 272 Å². The van der Waals surface area contributed by atoms with E-state index < -0.39 is 72.6 Å². The number of amides is 5. The molecule has 0 saturated carbocycles. The standard InChI is InChI=1S/C31H55N5O10/c1-11-19(4)27(34(6)24(38)16-32-30(42)26(18(2)3)35(7)31(43)46-10)22(44-8)15-23(37)36-14-12-13-21(36)28(45-9)20(5)29(41)33-17-25(39)40/h18-22,26-28H,11-17H2,1-10H3,(H,32,42)(H,33,41)(H,39,40)/t19-,20+,21-,22+,26?,27-,28+/m0/s1. The van der Waals surface area contributed by atoms with Crippen molar-refractivity contribution in [1.29, 1.82) is 0 Å². The summed E-state index contributed by atoms with van der Waals surface area (Å²) in [6, 6.07) is -1.77. The maximum absolute atomic E-state index is 13.8. The van der Waals surface area contributed by atoms with Gasteiger partial charge in [-0.2, -0.15) is 0 Å². The average molecular weight is 658 g/mol. The number of carbonyl (C=O) groups is 6. The summed E-state index contributed by atoms with van der Waals surface area (Å²) in [5, 5.41) is 13.9. The highest BCUT2D eigenvalue weighted by Crippen LogP contribution is 2.29. The van der Waals surface area contributed by atoms with Gasteiger partial charge in [0.1, 0.15) is 12.6 Å². The van der Waals surface area contributed by atoms with Crippen molar-refractivity contribution in [2.75, 3.05) is 55.1 Å². The smallest absolute Gasteiger partial charge is 0.409 e. The SMILES string of the molecule is CC[C@H](C)[C@@H]([C@@H](CC(=O)N1CCC[C@H]1[C@H](OC)[C@@H](C)C(=O)NCC(=O)O)OC)N(C)C(=O)CNC(=O)C(C(C)C)N(C)C(=O)OC. The summed E-state index contributed by atoms with van der Waals surface area (Å²) < 4.78 is 16.2. The van der Waals surface area contributed by atoms with E-state index in [-0.39, 0.29) is 30.7 Å². The predicted molar refractivity (Wildman–Crippen MR) is 169 cm³/mol. The number of nitrogens with zero attached hydrogens (tertiary/aromatic N) is 3. The number of ether oxygens (including phenoxy) is 3. The number of hydrogen-bond donors (Lipinski definition) is 3. The van der Waals surface area contributed by atoms with Crippen molar-refractivity contribution in [3.8, 4) is 0 Å². The lowest BCUT2D eigenvalue weighted by Gasteiger charge is -2.39. The maximum atomic E-state index is 13.8. The highest BCUT2D eigenvalue weighted by Gasteiger charge is 2.42. The second-order valence-corrected chi connectivity index (χ2v) is 12.2. The van der Waals surface area contributed by atoms with E-state index in [1.165, 1.54) is 38.2 Å². The van der Waals surface area contributed by atoms with Gasteiger partial charge in [-0.1, -0.05) is 41.0 Å². The fourth-order valence-electron chi connectivity index (χ4n) is 6.22. The van der Waals surface area contributed by atoms with Crippen LogP contribution >= 0.6 is 0 Å². The first kappa shape index (κ1) is 40.6. The number of rotatable bonds is 18. The number of carbonyl (C=O) groups excluding carboxylic acids is 5. The summed E-state index contributed by atoms with van der Waals surface area (Å²) in [7, 11) is 7.23. The van der Waals surface area contributed by atoms with Crippen LogP contribution in [0.2, 0.25) is 0 Å². The van der Waals surface area contributed by atoms with Gasteiger partial charge in [0.15, 0.2) is 0 Å². The van der Waals surface area contributed by atoms with E-state index in [2.05, 4.69) is 10.6 Å². The molecular weight excluding hydrogens is 602 g/mol. The van der Waals surface area contributed by atoms with Gasteiger partial charge in [-0.15, -0.1) is 0 Å². The minimum atomic E-state index is -1.16. The zero-order valence-corrected chi connectivity index (χ0v) is 29.0. The van der Waals surface area contributed by atoms with E-state index >= 15 is 0 Å². The van der Waals surface area contributed by atoms with Gasteiger partial charge in [-0.3, -0.25) is 28.9 Å². The topological polar surface area (TPSA) is 184 Å². The largest absolute Gasteiger partial charge is 0.480 e. The summed E-state index contributed by atoms with van der Waals surface area (Å²) >= 11 is 0. The molecule has 5 amide bonds. The van der Waals surface area contributed by atoms with Gasteiger partial charge in [0.05, 0.1) is 50.3 Å². The number of aliphatic carboxylic acids is 1. The molecule has 0 radical (unpaired) electrons. The third-order valence-electron chi connectivity index (χ3n) is 8.91. The van der Waals surface area contributed by atoms with Crippen molar-refractivity contribution in [3.05, 3.63) is 0 Å². The molecule has 0 bridgehead atoms. The molecule has 0 aromatic heterocycles. The molecule has 7 atom stereocenters. The quantitative estimate of drug-likeness (QED) is 0.192. The minimum absolute atomic E-state index is 0.0403. The Morgan fingerprint density at radius 3 is 2.02 bits per heavy atom. The Morgan fingerprint density at radius 2 is 1.52 bits per heavy atom. The van der Waals surface area contributed by atoms with E-state index in [0.717, 1.165) is 0 Å². The van der Waals surface area contributed by atoms with Crippen molar-refractivity contribution in [1.82, 2.24) is 25.3 Å². The molecule has 1 rings (SSSR count). The van der Waals surface area contributed by atoms with Crippen LogP contribution in [0.15, 0.2) is 0 Å². The first-order chi connectivity index (χ1) is 21.6. The Hall–Kier alpha value is -3.46. The van der Waals surface area contributed by atoms with Crippen LogP contribution in [-0.4, -0.2) is 141 Å². The molecule has 0 aliphatic carbocycles. The summed E-state index contributed by atoms with van der Waals surface area (Å²) in [6.45, 7) is 8.75. The molecule has 0 aromatic carbocycles. The van der Waals surface area contributed by atoms with Gasteiger partial charge in [0, 0.05) is 34.9 Å². The van der Waals surface area contributed by atoms with Crippen LogP contribution in [0.5, 0.6) is 0 Å². The number of likely N-dealkylation sites (tertiary alicyclic amines) is 1. The van der Waals surface area contributed by atoms with E-state index in [0.29, 0.717) is 25.8 Å². The monoisotopic (exact) mass is 657 g/mol. The first-order valence-corrected chi connectivity index (χ1v) is 15.8. The second-order valence-electron chi connectivity index (χ2n) is 12.2. The van der Waals surface area contributed by atoms with Crippen LogP contribution in [0.1, 0.15) is 60.3 Å². The number of carboxylic acid groups (broad SMARTS) is 1. The molecule has 1 fully saturated rings. The van der Waals surface area contributed by atoms with E-state index in [4.69, 9.17) is 19.3 Å². The number of methoxy groups -OCH3 is 3. The van der Waals surface area contributed by atoms with Gasteiger partial charge in [0.2, 0.25) is 23.6 Å². The number of likely N-dealkylation sites (N-methyl/N-ethyl adjacent to an activating group) is 2. The summed E-state index contributed by atoms with van der Waals surface area (Å²) in [4.78, 5) is 80.1. The van der Waals surface area contributed by atoms with Crippen LogP contribution in [0.4, 0.5) is 4.79 Å². The van der Waals surface area contributed by atoms with Crippen LogP contribution in [-0.2, 0) is 38.2 Å². The molecule has 3 N–H and O–H groups in total. The normalized spacial score (nSPS) is 18.5. The molecule has 46 heavy (non-hydrogen) atoms. The van der Waals surface area contributed by atoms with Crippen molar-refractivity contribution in [2.45, 2.75) is 90.6 Å². The van der Waals surface area contributed by atoms with Gasteiger partial charge in [-0.25, -0.2) is 4.79 Å². The molecule has 1 saturated heterocycles. The predicted octanol–water partition coefficient (Wildman–Crippen LogP) is 0.947. The average Bonchev–Trinajstić information content (AvgIpc) is 3.50. The molecule has 1 heterocycles. The lowest BCUT2D eigenvalue weighted by atomic mass is 9.90. The van der Waals surface area contributed by atoms with Crippen molar-refractivity contribution < 1.29 is 48.1 Å². The summed E-state index contributed by atoms with van der Waals surface area (Å²) in [6.07, 6.45) is -0.0629. The van der Waals surface area contributed by atoms with Crippen LogP contribution in [0.3, 0.4) is 0 Å². The first-order valence-electron chi connectivity index (χ1n) is 15.8. The summed E-state index contributed by atoms with van der Waals surface area (Å²) in [5.41, 5.74) is 0. The zero-order valence-electron chi connectivity index (χ0n) is 29.0. The molecule has 15 nitrogen and oxygen atoms in total. The van der Waals surface area contributed by atoms with Gasteiger partial charge in [-0.05, 0) is 24.7 Å². The van der Waals surface area contributed by atoms with Crippen LogP contribution in [0.25, 0.3) is 0 Å². The highest BCUT2D eigenvalue weighted by atomic mass is 16.5. The van der Waals surface area contributed by atoms with Crippen molar-refractivity contribution in [3.63, 3.8) is 0 Å². The van der Waals surface area contributed by atoms with Crippen LogP contribution < -0.4 is 10.6 Å².